The molecule has 0 amide bonds. The first-order valence-electron chi connectivity index (χ1n) is 3.97. The zero-order chi connectivity index (χ0) is 9.56. The summed E-state index contributed by atoms with van der Waals surface area (Å²) in [6.07, 6.45) is 3.01. The summed E-state index contributed by atoms with van der Waals surface area (Å²) >= 11 is 0. The maximum Gasteiger partial charge on any atom is 0.181 e. The topological polar surface area (TPSA) is 26.0 Å². The molecule has 0 saturated heterocycles. The number of hydrogen-bond acceptors (Lipinski definition) is 2. The van der Waals surface area contributed by atoms with Crippen LogP contribution in [0, 0.1) is 0 Å². The number of nitrogens with zero attached hydrogens (tertiary/aromatic N) is 1. The van der Waals surface area contributed by atoms with Gasteiger partial charge in [-0.3, -0.25) is 0 Å². The van der Waals surface area contributed by atoms with Crippen molar-refractivity contribution in [2.45, 2.75) is 20.8 Å². The van der Waals surface area contributed by atoms with Crippen molar-refractivity contribution in [3.8, 4) is 0 Å². The average Bonchev–Trinajstić information content (AvgIpc) is 2.55. The summed E-state index contributed by atoms with van der Waals surface area (Å²) in [4.78, 5) is 3.95. The highest BCUT2D eigenvalue weighted by molar-refractivity contribution is 5.65. The van der Waals surface area contributed by atoms with Crippen molar-refractivity contribution in [3.63, 3.8) is 0 Å². The molecule has 1 rings (SSSR count). The van der Waals surface area contributed by atoms with Crippen LogP contribution in [-0.2, 0) is 0 Å². The van der Waals surface area contributed by atoms with Crippen molar-refractivity contribution in [1.82, 2.24) is 4.98 Å². The first-order valence-corrected chi connectivity index (χ1v) is 3.97. The molecule has 1 aromatic rings. The summed E-state index contributed by atoms with van der Waals surface area (Å²) in [7, 11) is 0. The monoisotopic (exact) mass is 165 g/mol. The lowest BCUT2D eigenvalue weighted by Crippen LogP contribution is -1.79. The van der Waals surface area contributed by atoms with E-state index in [1.807, 2.05) is 20.8 Å². The van der Waals surface area contributed by atoms with Crippen LogP contribution in [0.2, 0.25) is 0 Å². The Morgan fingerprint density at radius 3 is 2.50 bits per heavy atom. The van der Waals surface area contributed by atoms with Crippen molar-refractivity contribution in [2.24, 2.45) is 0 Å². The standard InChI is InChI=1S/C8H9NO.C2H6/c1-4-7-8(6(2)3)9-5-10-7;1-2/h4-5H,1-2H2,3H3;1-2H3. The lowest BCUT2D eigenvalue weighted by molar-refractivity contribution is 0.548. The smallest absolute Gasteiger partial charge is 0.181 e. The number of allylic oxidation sites excluding steroid dienone is 1. The predicted octanol–water partition coefficient (Wildman–Crippen LogP) is 3.38. The molecule has 0 aliphatic carbocycles. The zero-order valence-corrected chi connectivity index (χ0v) is 7.92. The Hall–Kier alpha value is -1.31. The summed E-state index contributed by atoms with van der Waals surface area (Å²) in [6.45, 7) is 13.2. The van der Waals surface area contributed by atoms with Crippen LogP contribution in [0.4, 0.5) is 0 Å². The Morgan fingerprint density at radius 1 is 1.58 bits per heavy atom. The molecule has 0 aromatic carbocycles. The van der Waals surface area contributed by atoms with Gasteiger partial charge in [-0.15, -0.1) is 0 Å². The molecule has 0 aliphatic rings. The van der Waals surface area contributed by atoms with E-state index in [4.69, 9.17) is 4.42 Å². The Bertz CT molecular complexity index is 261. The minimum atomic E-state index is 0.688. The normalized spacial score (nSPS) is 8.25. The fourth-order valence-electron chi connectivity index (χ4n) is 0.721. The highest BCUT2D eigenvalue weighted by Crippen LogP contribution is 2.15. The molecule has 2 heteroatoms. The molecule has 0 spiro atoms. The van der Waals surface area contributed by atoms with Gasteiger partial charge in [-0.2, -0.15) is 0 Å². The third-order valence-corrected chi connectivity index (χ3v) is 1.18. The zero-order valence-electron chi connectivity index (χ0n) is 7.92. The second-order valence-corrected chi connectivity index (χ2v) is 2.05. The van der Waals surface area contributed by atoms with E-state index in [1.54, 1.807) is 6.08 Å². The summed E-state index contributed by atoms with van der Waals surface area (Å²) in [5.41, 5.74) is 1.68. The van der Waals surface area contributed by atoms with Crippen LogP contribution in [0.3, 0.4) is 0 Å². The molecule has 0 N–H and O–H groups in total. The maximum atomic E-state index is 4.99. The van der Waals surface area contributed by atoms with Gasteiger partial charge in [-0.25, -0.2) is 4.98 Å². The first kappa shape index (κ1) is 10.7. The third kappa shape index (κ3) is 2.38. The van der Waals surface area contributed by atoms with Crippen molar-refractivity contribution in [2.75, 3.05) is 0 Å². The van der Waals surface area contributed by atoms with E-state index >= 15 is 0 Å². The quantitative estimate of drug-likeness (QED) is 0.671. The fraction of sp³-hybridized carbons (Fsp3) is 0.300. The van der Waals surface area contributed by atoms with E-state index in [0.29, 0.717) is 5.76 Å². The first-order chi connectivity index (χ1) is 5.75. The number of aromatic nitrogens is 1. The molecule has 1 aromatic heterocycles. The van der Waals surface area contributed by atoms with Gasteiger partial charge in [-0.1, -0.05) is 27.0 Å². The number of hydrogen-bond donors (Lipinski definition) is 0. The van der Waals surface area contributed by atoms with E-state index in [0.717, 1.165) is 11.3 Å². The molecular weight excluding hydrogens is 150 g/mol. The maximum absolute atomic E-state index is 4.99. The Balaban J connectivity index is 0.000000561. The van der Waals surface area contributed by atoms with Crippen molar-refractivity contribution in [1.29, 1.82) is 0 Å². The molecule has 0 saturated carbocycles. The molecule has 66 valence electrons. The lowest BCUT2D eigenvalue weighted by atomic mass is 10.2. The van der Waals surface area contributed by atoms with Gasteiger partial charge in [0.1, 0.15) is 5.69 Å². The van der Waals surface area contributed by atoms with Gasteiger partial charge in [-0.05, 0) is 18.6 Å². The van der Waals surface area contributed by atoms with Gasteiger partial charge in [0.05, 0.1) is 0 Å². The van der Waals surface area contributed by atoms with Crippen LogP contribution >= 0.6 is 0 Å². The van der Waals surface area contributed by atoms with Crippen molar-refractivity contribution >= 4 is 11.6 Å². The Kier molecular flexibility index (Phi) is 4.77. The largest absolute Gasteiger partial charge is 0.443 e. The molecule has 0 radical (unpaired) electrons. The van der Waals surface area contributed by atoms with Crippen molar-refractivity contribution in [3.05, 3.63) is 31.0 Å². The highest BCUT2D eigenvalue weighted by atomic mass is 16.3. The van der Waals surface area contributed by atoms with E-state index in [1.165, 1.54) is 6.39 Å². The molecular formula is C10H15NO. The van der Waals surface area contributed by atoms with Crippen LogP contribution in [0.1, 0.15) is 32.2 Å². The molecule has 0 fully saturated rings. The molecule has 0 unspecified atom stereocenters. The third-order valence-electron chi connectivity index (χ3n) is 1.18. The van der Waals surface area contributed by atoms with Crippen LogP contribution < -0.4 is 0 Å². The van der Waals surface area contributed by atoms with Gasteiger partial charge in [0.2, 0.25) is 0 Å². The SMILES string of the molecule is C=Cc1ocnc1C(=C)C.CC. The molecule has 0 atom stereocenters. The van der Waals surface area contributed by atoms with Crippen LogP contribution in [0.25, 0.3) is 11.6 Å². The molecule has 0 aliphatic heterocycles. The summed E-state index contributed by atoms with van der Waals surface area (Å²) in [5, 5.41) is 0. The predicted molar refractivity (Wildman–Crippen MR) is 52.7 cm³/mol. The highest BCUT2D eigenvalue weighted by Gasteiger charge is 2.02. The minimum absolute atomic E-state index is 0.688. The average molecular weight is 165 g/mol. The summed E-state index contributed by atoms with van der Waals surface area (Å²) in [5.74, 6) is 0.688. The molecule has 1 heterocycles. The van der Waals surface area contributed by atoms with E-state index < -0.39 is 0 Å². The molecule has 0 bridgehead atoms. The van der Waals surface area contributed by atoms with Gasteiger partial charge < -0.3 is 4.42 Å². The van der Waals surface area contributed by atoms with E-state index in [2.05, 4.69) is 18.1 Å². The summed E-state index contributed by atoms with van der Waals surface area (Å²) < 4.78 is 4.99. The van der Waals surface area contributed by atoms with Crippen LogP contribution in [-0.4, -0.2) is 4.98 Å². The van der Waals surface area contributed by atoms with Gasteiger partial charge >= 0.3 is 0 Å². The Labute approximate surface area is 73.6 Å². The van der Waals surface area contributed by atoms with Crippen molar-refractivity contribution < 1.29 is 4.42 Å². The van der Waals surface area contributed by atoms with Gasteiger partial charge in [0, 0.05) is 0 Å². The molecule has 12 heavy (non-hydrogen) atoms. The minimum Gasteiger partial charge on any atom is -0.443 e. The van der Waals surface area contributed by atoms with E-state index in [-0.39, 0.29) is 0 Å². The molecule has 2 nitrogen and oxygen atoms in total. The second kappa shape index (κ2) is 5.35. The van der Waals surface area contributed by atoms with Gasteiger partial charge in [0.25, 0.3) is 0 Å². The summed E-state index contributed by atoms with van der Waals surface area (Å²) in [6, 6.07) is 0. The lowest BCUT2D eigenvalue weighted by Gasteiger charge is -1.90. The number of rotatable bonds is 2. The number of oxazole rings is 1. The van der Waals surface area contributed by atoms with Crippen LogP contribution in [0.5, 0.6) is 0 Å². The fourth-order valence-corrected chi connectivity index (χ4v) is 0.721. The second-order valence-electron chi connectivity index (χ2n) is 2.05. The van der Waals surface area contributed by atoms with Crippen LogP contribution in [0.15, 0.2) is 24.0 Å². The van der Waals surface area contributed by atoms with Gasteiger partial charge in [0.15, 0.2) is 12.2 Å². The van der Waals surface area contributed by atoms with E-state index in [9.17, 15) is 0 Å². The Morgan fingerprint density at radius 2 is 2.17 bits per heavy atom.